The number of nitrogens with zero attached hydrogens (tertiary/aromatic N) is 3. The standard InChI is InChI=1S/C21H21NO4S.C17H25BO5S.C16H23BO5S.C11H13BrO3S.C10H8BrNO.C10H9NO.C9H7NO.C7H7BrO3S.C7H8O3S/c1-22-12-19(16-5-3-4-6-17(16)21(22)23)18-11-15(27(2,24)25)9-10-20(18)26-13-14-7-8-14;1-16(2)17(3,4)23-18(22-16)14-10-13(24(5,19)20)8-9-15(14)21-11-12-6-7-12;1-23(18,19)14-7-8-16(20-12-13-5-6-13)15(11-14)17-21-9-3-2-4-10-22-17;1-16(13,14)9-4-5-11(10(12)6-9)15-7-8-2-3-8;1-12-6-9(11)7-4-2-3-5-8(7)10(12)13;1-11-7-6-8-4-2-3-5-9(8)10(11)12;11-9-8-4-2-1-3-7(8)5-6-10-9;1-12(10,11)5-2-3-7(9)6(8)4-5;1-11(9,10)7-4-2-6(8)3-5-7/h3-6,9-12,14H,7-8,13H2,1-2H3;8-10,12H,6-7,11H2,1-5H3;7-8,11,13H,2-6,9-10,12H2,1H3;4-6,8H,2-3,7H2,1H3;2-6H,1H3;2-7H,1H3;1-6H,(H,10,11);2-4,9H,1H3;2-5,8H,1H3. The number of aromatic hydroxyl groups is 2. The predicted octanol–water partition coefficient (Wildman–Crippen LogP) is 17.7. The molecular weight excluding hydrogens is 2220 g/mol. The van der Waals surface area contributed by atoms with E-state index in [0.717, 1.165) is 86.1 Å². The lowest BCUT2D eigenvalue weighted by Crippen LogP contribution is -2.41. The third-order valence-corrected chi connectivity index (χ3v) is 33.6. The van der Waals surface area contributed by atoms with Crippen LogP contribution >= 0.6 is 47.8 Å². The normalized spacial score (nSPS) is 15.4. The highest BCUT2D eigenvalue weighted by molar-refractivity contribution is 9.11. The van der Waals surface area contributed by atoms with Crippen molar-refractivity contribution in [2.24, 2.45) is 44.8 Å². The Morgan fingerprint density at radius 3 is 1.16 bits per heavy atom. The minimum absolute atomic E-state index is 0.0249. The van der Waals surface area contributed by atoms with Crippen LogP contribution in [0.25, 0.3) is 54.2 Å². The van der Waals surface area contributed by atoms with Crippen LogP contribution in [0, 0.1) is 23.7 Å². The second kappa shape index (κ2) is 50.5. The average molecular weight is 2340 g/mol. The topological polar surface area (TPSA) is 418 Å². The number of ether oxygens (including phenoxy) is 4. The third kappa shape index (κ3) is 33.7. The summed E-state index contributed by atoms with van der Waals surface area (Å²) in [6.45, 7) is 11.7. The fourth-order valence-electron chi connectivity index (χ4n) is 14.8. The Morgan fingerprint density at radius 1 is 0.356 bits per heavy atom. The zero-order valence-corrected chi connectivity index (χ0v) is 94.4. The van der Waals surface area contributed by atoms with Crippen LogP contribution in [-0.2, 0) is 98.8 Å². The molecule has 20 rings (SSSR count). The fraction of sp³-hybridized carbons (Fsp3) is 0.333. The number of sulfone groups is 6. The lowest BCUT2D eigenvalue weighted by molar-refractivity contribution is 0.00578. The molecule has 149 heavy (non-hydrogen) atoms. The summed E-state index contributed by atoms with van der Waals surface area (Å²) in [5.41, 5.74) is 1.78. The van der Waals surface area contributed by atoms with E-state index in [9.17, 15) is 69.7 Å². The maximum absolute atomic E-state index is 12.5. The first-order valence-corrected chi connectivity index (χ1v) is 61.6. The van der Waals surface area contributed by atoms with E-state index in [1.165, 1.54) is 123 Å². The summed E-state index contributed by atoms with van der Waals surface area (Å²) >= 11 is 9.77. The lowest BCUT2D eigenvalue weighted by atomic mass is 9.77. The van der Waals surface area contributed by atoms with Crippen molar-refractivity contribution in [1.82, 2.24) is 18.7 Å². The second-order valence-corrected chi connectivity index (χ2v) is 52.9. The molecule has 792 valence electrons. The number of halogens is 3. The zero-order valence-electron chi connectivity index (χ0n) is 84.8. The van der Waals surface area contributed by atoms with Gasteiger partial charge in [0.15, 0.2) is 59.0 Å². The van der Waals surface area contributed by atoms with Gasteiger partial charge >= 0.3 is 14.2 Å². The van der Waals surface area contributed by atoms with E-state index in [-0.39, 0.29) is 58.2 Å². The van der Waals surface area contributed by atoms with E-state index >= 15 is 0 Å². The summed E-state index contributed by atoms with van der Waals surface area (Å²) in [6.07, 6.45) is 26.6. The number of aromatic nitrogens is 4. The van der Waals surface area contributed by atoms with Gasteiger partial charge in [-0.2, -0.15) is 0 Å². The maximum Gasteiger partial charge on any atom is 0.498 e. The molecular formula is C108H121B2Br3N4O26S6. The van der Waals surface area contributed by atoms with Crippen molar-refractivity contribution >= 4 is 175 Å². The molecule has 0 unspecified atom stereocenters. The van der Waals surface area contributed by atoms with Gasteiger partial charge in [0, 0.05) is 150 Å². The van der Waals surface area contributed by atoms with Gasteiger partial charge in [-0.3, -0.25) is 19.2 Å². The number of hydrogen-bond donors (Lipinski definition) is 3. The van der Waals surface area contributed by atoms with Crippen molar-refractivity contribution in [3.8, 4) is 45.6 Å². The van der Waals surface area contributed by atoms with Gasteiger partial charge in [0.1, 0.15) is 34.5 Å². The largest absolute Gasteiger partial charge is 0.508 e. The molecule has 2 aliphatic heterocycles. The number of aromatic amines is 1. The Labute approximate surface area is 895 Å². The number of fused-ring (bicyclic) bond motifs is 4. The second-order valence-electron chi connectivity index (χ2n) is 38.3. The number of phenolic OH excluding ortho intramolecular Hbond substituents is 2. The summed E-state index contributed by atoms with van der Waals surface area (Å²) in [4.78, 5) is 50.8. The first-order chi connectivity index (χ1) is 70.1. The summed E-state index contributed by atoms with van der Waals surface area (Å²) in [5.74, 6) is 5.22. The number of phenols is 2. The smallest absolute Gasteiger partial charge is 0.498 e. The van der Waals surface area contributed by atoms with Crippen molar-refractivity contribution < 1.29 is 98.3 Å². The van der Waals surface area contributed by atoms with Crippen molar-refractivity contribution in [2.75, 3.05) is 77.2 Å². The molecule has 0 amide bonds. The molecule has 14 aromatic rings. The van der Waals surface area contributed by atoms with Crippen LogP contribution in [0.4, 0.5) is 0 Å². The number of pyridine rings is 4. The van der Waals surface area contributed by atoms with Gasteiger partial charge in [-0.15, -0.1) is 0 Å². The molecule has 0 radical (unpaired) electrons. The quantitative estimate of drug-likeness (QED) is 0.0562. The van der Waals surface area contributed by atoms with E-state index in [0.29, 0.717) is 115 Å². The SMILES string of the molecule is CC1(C)OB(c2cc(S(C)(=O)=O)ccc2OCC2CC2)OC1(C)C.CS(=O)(=O)c1ccc(O)c(Br)c1.CS(=O)(=O)c1ccc(O)cc1.CS(=O)(=O)c1ccc(OCC2CC2)c(B2OCCCCCO2)c1.CS(=O)(=O)c1ccc(OCC2CC2)c(Br)c1.Cn1cc(-c2cc(S(C)(=O)=O)ccc2OCC2CC2)c2ccccc2c1=O.Cn1cc(Br)c2ccccc2c1=O.Cn1ccc2ccccc2c1=O.O=c1[nH]ccc2ccccc12. The van der Waals surface area contributed by atoms with Crippen molar-refractivity contribution in [3.63, 3.8) is 0 Å². The van der Waals surface area contributed by atoms with Crippen molar-refractivity contribution in [3.05, 3.63) is 304 Å². The van der Waals surface area contributed by atoms with Crippen molar-refractivity contribution in [2.45, 2.75) is 139 Å². The number of aryl methyl sites for hydroxylation is 3. The minimum atomic E-state index is -3.36. The number of H-pyrrole nitrogens is 1. The van der Waals surface area contributed by atoms with Gasteiger partial charge in [-0.1, -0.05) is 72.8 Å². The van der Waals surface area contributed by atoms with Crippen LogP contribution in [0.1, 0.15) is 98.3 Å². The van der Waals surface area contributed by atoms with Gasteiger partial charge in [0.2, 0.25) is 0 Å². The Hall–Kier alpha value is -11.1. The molecule has 6 heterocycles. The zero-order chi connectivity index (χ0) is 108. The molecule has 4 aromatic heterocycles. The molecule has 6 aliphatic rings. The van der Waals surface area contributed by atoms with E-state index in [2.05, 4.69) is 52.8 Å². The Kier molecular flexibility index (Phi) is 39.5. The third-order valence-electron chi connectivity index (χ3n) is 25.0. The van der Waals surface area contributed by atoms with Gasteiger partial charge < -0.3 is 66.5 Å². The molecule has 6 fully saturated rings. The molecule has 0 atom stereocenters. The van der Waals surface area contributed by atoms with E-state index in [1.807, 2.05) is 131 Å². The molecule has 30 nitrogen and oxygen atoms in total. The highest BCUT2D eigenvalue weighted by Gasteiger charge is 2.53. The average Bonchev–Trinajstić information content (AvgIpc) is 1.56. The molecule has 4 saturated carbocycles. The number of benzene rings is 10. The molecule has 0 spiro atoms. The first kappa shape index (κ1) is 117. The maximum atomic E-state index is 12.5. The van der Waals surface area contributed by atoms with Gasteiger partial charge in [0.25, 0.3) is 22.2 Å². The molecule has 0 bridgehead atoms. The summed E-state index contributed by atoms with van der Waals surface area (Å²) < 4.78 is 192. The van der Waals surface area contributed by atoms with Gasteiger partial charge in [0.05, 0.1) is 75.9 Å². The van der Waals surface area contributed by atoms with Crippen LogP contribution < -0.4 is 52.1 Å². The van der Waals surface area contributed by atoms with E-state index in [1.54, 1.807) is 134 Å². The van der Waals surface area contributed by atoms with Crippen molar-refractivity contribution in [1.29, 1.82) is 0 Å². The van der Waals surface area contributed by atoms with E-state index < -0.39 is 84.5 Å². The van der Waals surface area contributed by atoms with Crippen LogP contribution in [0.15, 0.2) is 311 Å². The lowest BCUT2D eigenvalue weighted by Gasteiger charge is -2.32. The Morgan fingerprint density at radius 2 is 0.711 bits per heavy atom. The van der Waals surface area contributed by atoms with Crippen LogP contribution in [0.3, 0.4) is 0 Å². The van der Waals surface area contributed by atoms with Crippen LogP contribution in [0.5, 0.6) is 34.5 Å². The number of nitrogens with one attached hydrogen (secondary N) is 1. The molecule has 4 aliphatic carbocycles. The minimum Gasteiger partial charge on any atom is -0.508 e. The number of hydrogen-bond acceptors (Lipinski definition) is 26. The molecule has 3 N–H and O–H groups in total. The molecule has 41 heteroatoms. The van der Waals surface area contributed by atoms with Crippen LogP contribution in [0.2, 0.25) is 0 Å². The summed E-state index contributed by atoms with van der Waals surface area (Å²) in [7, 11) is -15.4. The monoisotopic (exact) mass is 2340 g/mol. The van der Waals surface area contributed by atoms with Crippen LogP contribution in [-0.4, -0.2) is 182 Å². The van der Waals surface area contributed by atoms with E-state index in [4.69, 9.17) is 47.8 Å². The summed E-state index contributed by atoms with van der Waals surface area (Å²) in [5, 5.41) is 24.5. The first-order valence-electron chi connectivity index (χ1n) is 47.8. The summed E-state index contributed by atoms with van der Waals surface area (Å²) in [6, 6.07) is 62.9. The van der Waals surface area contributed by atoms with Gasteiger partial charge in [-0.25, -0.2) is 50.5 Å². The fourth-order valence-corrected chi connectivity index (χ4v) is 20.5. The Balaban J connectivity index is 0.000000152. The number of rotatable bonds is 21. The predicted molar refractivity (Wildman–Crippen MR) is 595 cm³/mol. The highest BCUT2D eigenvalue weighted by atomic mass is 79.9. The highest BCUT2D eigenvalue weighted by Crippen LogP contribution is 2.42. The Bertz CT molecular complexity index is 8160. The van der Waals surface area contributed by atoms with Gasteiger partial charge in [-0.05, 0) is 338 Å². The molecule has 10 aromatic carbocycles. The molecule has 2 saturated heterocycles.